The molecule has 0 bridgehead atoms. The highest BCUT2D eigenvalue weighted by atomic mass is 32.2. The van der Waals surface area contributed by atoms with E-state index in [9.17, 15) is 13.2 Å². The lowest BCUT2D eigenvalue weighted by molar-refractivity contribution is -0.914. The highest BCUT2D eigenvalue weighted by Gasteiger charge is 2.36. The predicted molar refractivity (Wildman–Crippen MR) is 74.5 cm³/mol. The van der Waals surface area contributed by atoms with E-state index in [2.05, 4.69) is 14.0 Å². The van der Waals surface area contributed by atoms with Gasteiger partial charge in [-0.3, -0.25) is 0 Å². The molecule has 0 saturated carbocycles. The molecule has 1 rings (SSSR count). The first-order valence-electron chi connectivity index (χ1n) is 7.37. The fourth-order valence-electron chi connectivity index (χ4n) is 2.42. The second-order valence-corrected chi connectivity index (χ2v) is 7.18. The molecule has 0 spiro atoms. The van der Waals surface area contributed by atoms with Gasteiger partial charge in [-0.1, -0.05) is 19.8 Å². The second-order valence-electron chi connectivity index (χ2n) is 5.81. The number of alkyl halides is 3. The van der Waals surface area contributed by atoms with Crippen LogP contribution in [0.3, 0.4) is 0 Å². The van der Waals surface area contributed by atoms with Gasteiger partial charge in [-0.05, 0) is 32.1 Å². The molecule has 0 aromatic rings. The molecule has 0 aromatic heterocycles. The zero-order valence-corrected chi connectivity index (χ0v) is 13.6. The topological polar surface area (TPSA) is 57.2 Å². The Morgan fingerprint density at radius 1 is 1.05 bits per heavy atom. The van der Waals surface area contributed by atoms with Crippen molar-refractivity contribution in [3.05, 3.63) is 0 Å². The maximum atomic E-state index is 10.7. The lowest BCUT2D eigenvalue weighted by atomic mass is 10.1. The van der Waals surface area contributed by atoms with Crippen molar-refractivity contribution in [1.29, 1.82) is 0 Å². The van der Waals surface area contributed by atoms with Crippen molar-refractivity contribution in [3.8, 4) is 0 Å². The van der Waals surface area contributed by atoms with Crippen LogP contribution in [-0.4, -0.2) is 49.6 Å². The first kappa shape index (κ1) is 20.7. The van der Waals surface area contributed by atoms with E-state index in [0.29, 0.717) is 0 Å². The largest absolute Gasteiger partial charge is 0.741 e. The molecule has 4 nitrogen and oxygen atoms in total. The molecule has 21 heavy (non-hydrogen) atoms. The summed E-state index contributed by atoms with van der Waals surface area (Å²) < 4.78 is 60.3. The van der Waals surface area contributed by atoms with Crippen molar-refractivity contribution >= 4 is 10.1 Å². The number of hydrogen-bond acceptors (Lipinski definition) is 3. The molecule has 128 valence electrons. The number of nitrogens with zero attached hydrogens (tertiary/aromatic N) is 1. The van der Waals surface area contributed by atoms with Crippen molar-refractivity contribution in [1.82, 2.24) is 0 Å². The molecule has 1 fully saturated rings. The standard InChI is InChI=1S/C12H26N.CHF3O3S/c1-3-4-5-7-10-13(2)11-8-6-9-12-13;2-1(3,4)8(5,6)7/h3-12H2,1-2H3;(H,5,6,7)/q+1;/p-1. The Morgan fingerprint density at radius 2 is 1.52 bits per heavy atom. The SMILES string of the molecule is CCCCCC[N+]1(C)CCCCC1.O=S(=O)([O-])C(F)(F)F. The van der Waals surface area contributed by atoms with Crippen LogP contribution in [-0.2, 0) is 10.1 Å². The quantitative estimate of drug-likeness (QED) is 0.336. The van der Waals surface area contributed by atoms with Gasteiger partial charge >= 0.3 is 5.51 Å². The van der Waals surface area contributed by atoms with Gasteiger partial charge in [0.2, 0.25) is 0 Å². The normalized spacial score (nSPS) is 18.8. The molecular formula is C13H26F3NO3S. The van der Waals surface area contributed by atoms with E-state index in [0.717, 1.165) is 0 Å². The third-order valence-corrected chi connectivity index (χ3v) is 4.30. The molecule has 0 aromatic carbocycles. The van der Waals surface area contributed by atoms with Crippen LogP contribution in [0.1, 0.15) is 51.9 Å². The molecule has 1 heterocycles. The Hall–Kier alpha value is -0.340. The van der Waals surface area contributed by atoms with Crippen molar-refractivity contribution in [3.63, 3.8) is 0 Å². The summed E-state index contributed by atoms with van der Waals surface area (Å²) in [4.78, 5) is 0. The van der Waals surface area contributed by atoms with Crippen LogP contribution in [0.25, 0.3) is 0 Å². The second kappa shape index (κ2) is 8.95. The molecule has 0 radical (unpaired) electrons. The zero-order chi connectivity index (χ0) is 16.6. The summed E-state index contributed by atoms with van der Waals surface area (Å²) >= 11 is 0. The smallest absolute Gasteiger partial charge is 0.485 e. The predicted octanol–water partition coefficient (Wildman–Crippen LogP) is 3.25. The van der Waals surface area contributed by atoms with E-state index in [1.54, 1.807) is 0 Å². The number of hydrogen-bond donors (Lipinski definition) is 0. The average Bonchev–Trinajstić information content (AvgIpc) is 2.34. The highest BCUT2D eigenvalue weighted by molar-refractivity contribution is 7.86. The van der Waals surface area contributed by atoms with Crippen LogP contribution < -0.4 is 0 Å². The van der Waals surface area contributed by atoms with E-state index in [1.807, 2.05) is 0 Å². The summed E-state index contributed by atoms with van der Waals surface area (Å²) in [6.45, 7) is 6.59. The van der Waals surface area contributed by atoms with Crippen LogP contribution in [0.5, 0.6) is 0 Å². The summed E-state index contributed by atoms with van der Waals surface area (Å²) in [5.74, 6) is 0. The molecular weight excluding hydrogens is 307 g/mol. The Kier molecular flexibility index (Phi) is 8.80. The monoisotopic (exact) mass is 333 g/mol. The number of quaternary nitrogens is 1. The first-order valence-corrected chi connectivity index (χ1v) is 8.78. The average molecular weight is 333 g/mol. The maximum absolute atomic E-state index is 10.7. The summed E-state index contributed by atoms with van der Waals surface area (Å²) in [6, 6.07) is 0. The van der Waals surface area contributed by atoms with Crippen molar-refractivity contribution in [2.75, 3.05) is 26.7 Å². The van der Waals surface area contributed by atoms with E-state index in [4.69, 9.17) is 13.0 Å². The molecule has 1 saturated heterocycles. The molecule has 0 amide bonds. The highest BCUT2D eigenvalue weighted by Crippen LogP contribution is 2.20. The van der Waals surface area contributed by atoms with Gasteiger partial charge in [-0.25, -0.2) is 8.42 Å². The third-order valence-electron chi connectivity index (χ3n) is 3.73. The van der Waals surface area contributed by atoms with Crippen molar-refractivity contribution < 1.29 is 30.6 Å². The minimum Gasteiger partial charge on any atom is -0.741 e. The van der Waals surface area contributed by atoms with Crippen LogP contribution in [0.4, 0.5) is 13.2 Å². The molecule has 0 aliphatic carbocycles. The van der Waals surface area contributed by atoms with Gasteiger partial charge in [0.05, 0.1) is 26.7 Å². The third kappa shape index (κ3) is 9.31. The molecule has 8 heteroatoms. The summed E-state index contributed by atoms with van der Waals surface area (Å²) in [6.07, 6.45) is 10.1. The van der Waals surface area contributed by atoms with Gasteiger partial charge in [-0.15, -0.1) is 0 Å². The number of unbranched alkanes of at least 4 members (excludes halogenated alkanes) is 3. The Morgan fingerprint density at radius 3 is 1.90 bits per heavy atom. The summed E-state index contributed by atoms with van der Waals surface area (Å²) in [5.41, 5.74) is -5.65. The Bertz CT molecular complexity index is 377. The van der Waals surface area contributed by atoms with Crippen LogP contribution >= 0.6 is 0 Å². The molecule has 1 aliphatic heterocycles. The lowest BCUT2D eigenvalue weighted by Crippen LogP contribution is -2.48. The Labute approximate surface area is 125 Å². The lowest BCUT2D eigenvalue weighted by Gasteiger charge is -2.37. The first-order chi connectivity index (χ1) is 9.52. The number of halogens is 3. The van der Waals surface area contributed by atoms with Gasteiger partial charge in [0.15, 0.2) is 10.1 Å². The van der Waals surface area contributed by atoms with Crippen molar-refractivity contribution in [2.45, 2.75) is 57.4 Å². The van der Waals surface area contributed by atoms with Crippen molar-refractivity contribution in [2.24, 2.45) is 0 Å². The van der Waals surface area contributed by atoms with Gasteiger partial charge in [0, 0.05) is 0 Å². The van der Waals surface area contributed by atoms with E-state index in [1.165, 1.54) is 69.1 Å². The summed E-state index contributed by atoms with van der Waals surface area (Å²) in [5, 5.41) is 0. The maximum Gasteiger partial charge on any atom is 0.485 e. The van der Waals surface area contributed by atoms with Crippen LogP contribution in [0.2, 0.25) is 0 Å². The fourth-order valence-corrected chi connectivity index (χ4v) is 2.42. The van der Waals surface area contributed by atoms with E-state index >= 15 is 0 Å². The molecule has 0 N–H and O–H groups in total. The fraction of sp³-hybridized carbons (Fsp3) is 1.00. The molecule has 0 atom stereocenters. The van der Waals surface area contributed by atoms with Crippen LogP contribution in [0.15, 0.2) is 0 Å². The minimum atomic E-state index is -6.09. The van der Waals surface area contributed by atoms with E-state index in [-0.39, 0.29) is 0 Å². The number of likely N-dealkylation sites (tertiary alicyclic amines) is 1. The van der Waals surface area contributed by atoms with Gasteiger partial charge < -0.3 is 9.04 Å². The zero-order valence-electron chi connectivity index (χ0n) is 12.8. The molecule has 1 aliphatic rings. The number of rotatable bonds is 5. The minimum absolute atomic E-state index is 1.36. The van der Waals surface area contributed by atoms with E-state index < -0.39 is 15.6 Å². The summed E-state index contributed by atoms with van der Waals surface area (Å²) in [7, 11) is -3.64. The van der Waals surface area contributed by atoms with Gasteiger partial charge in [0.25, 0.3) is 0 Å². The number of piperidine rings is 1. The van der Waals surface area contributed by atoms with Gasteiger partial charge in [0.1, 0.15) is 0 Å². The Balaban J connectivity index is 0.000000433. The van der Waals surface area contributed by atoms with Crippen LogP contribution in [0, 0.1) is 0 Å². The molecule has 0 unspecified atom stereocenters. The van der Waals surface area contributed by atoms with Gasteiger partial charge in [-0.2, -0.15) is 13.2 Å².